The first-order valence-corrected chi connectivity index (χ1v) is 12.2. The summed E-state index contributed by atoms with van der Waals surface area (Å²) in [6.45, 7) is 9.76. The van der Waals surface area contributed by atoms with Crippen LogP contribution in [0.5, 0.6) is 23.0 Å². The van der Waals surface area contributed by atoms with Crippen LogP contribution in [0.15, 0.2) is 54.6 Å². The fourth-order valence-corrected chi connectivity index (χ4v) is 4.94. The molecule has 4 rings (SSSR count). The minimum Gasteiger partial charge on any atom is -0.508 e. The van der Waals surface area contributed by atoms with Crippen LogP contribution in [0.3, 0.4) is 0 Å². The molecule has 0 unspecified atom stereocenters. The van der Waals surface area contributed by atoms with E-state index in [1.807, 2.05) is 77.1 Å². The first-order valence-electron chi connectivity index (χ1n) is 12.2. The lowest BCUT2D eigenvalue weighted by atomic mass is 9.88. The van der Waals surface area contributed by atoms with Gasteiger partial charge >= 0.3 is 0 Å². The van der Waals surface area contributed by atoms with Crippen molar-refractivity contribution >= 4 is 0 Å². The molecule has 0 bridgehead atoms. The molecule has 0 aliphatic rings. The Balaban J connectivity index is 1.71. The molecule has 0 saturated carbocycles. The van der Waals surface area contributed by atoms with Crippen molar-refractivity contribution in [1.82, 2.24) is 0 Å². The van der Waals surface area contributed by atoms with Gasteiger partial charge in [-0.25, -0.2) is 0 Å². The molecule has 0 saturated heterocycles. The van der Waals surface area contributed by atoms with Crippen LogP contribution in [0.1, 0.15) is 61.2 Å². The lowest BCUT2D eigenvalue weighted by Crippen LogP contribution is -2.02. The Morgan fingerprint density at radius 2 is 1.06 bits per heavy atom. The molecular formula is C32H34O4. The molecule has 4 aromatic carbocycles. The van der Waals surface area contributed by atoms with E-state index in [2.05, 4.69) is 0 Å². The third-order valence-corrected chi connectivity index (χ3v) is 7.04. The van der Waals surface area contributed by atoms with E-state index >= 15 is 0 Å². The molecular weight excluding hydrogens is 448 g/mol. The summed E-state index contributed by atoms with van der Waals surface area (Å²) in [5, 5.41) is 42.3. The van der Waals surface area contributed by atoms with Crippen LogP contribution in [0.2, 0.25) is 0 Å². The molecule has 0 aliphatic carbocycles. The number of phenolic OH excluding ortho intramolecular Hbond substituents is 4. The van der Waals surface area contributed by atoms with Crippen molar-refractivity contribution in [2.45, 2.75) is 53.9 Å². The average Bonchev–Trinajstić information content (AvgIpc) is 2.82. The van der Waals surface area contributed by atoms with E-state index < -0.39 is 0 Å². The summed E-state index contributed by atoms with van der Waals surface area (Å²) in [5.41, 5.74) is 9.94. The van der Waals surface area contributed by atoms with Gasteiger partial charge in [-0.1, -0.05) is 53.6 Å². The average molecular weight is 483 g/mol. The second-order valence-corrected chi connectivity index (χ2v) is 10.0. The van der Waals surface area contributed by atoms with E-state index in [4.69, 9.17) is 0 Å². The Morgan fingerprint density at radius 3 is 1.67 bits per heavy atom. The van der Waals surface area contributed by atoms with E-state index in [1.165, 1.54) is 0 Å². The zero-order valence-electron chi connectivity index (χ0n) is 21.6. The van der Waals surface area contributed by atoms with Gasteiger partial charge in [-0.05, 0) is 97.7 Å². The van der Waals surface area contributed by atoms with Gasteiger partial charge in [0.15, 0.2) is 0 Å². The van der Waals surface area contributed by atoms with Crippen LogP contribution < -0.4 is 0 Å². The van der Waals surface area contributed by atoms with E-state index in [0.29, 0.717) is 19.3 Å². The van der Waals surface area contributed by atoms with Gasteiger partial charge in [0.25, 0.3) is 0 Å². The van der Waals surface area contributed by atoms with Crippen LogP contribution >= 0.6 is 0 Å². The normalized spacial score (nSPS) is 11.1. The summed E-state index contributed by atoms with van der Waals surface area (Å²) in [5.74, 6) is 0.946. The maximum Gasteiger partial charge on any atom is 0.122 e. The minimum atomic E-state index is 0.220. The largest absolute Gasteiger partial charge is 0.508 e. The van der Waals surface area contributed by atoms with Gasteiger partial charge in [0.1, 0.15) is 23.0 Å². The van der Waals surface area contributed by atoms with Crippen molar-refractivity contribution in [3.63, 3.8) is 0 Å². The second kappa shape index (κ2) is 9.98. The molecule has 0 heterocycles. The maximum absolute atomic E-state index is 10.9. The summed E-state index contributed by atoms with van der Waals surface area (Å²) in [6.07, 6.45) is 1.50. The SMILES string of the molecule is Cc1ccc(O)c(Cc2cc(Cc3cc(C)c(O)c(Cc4cc(C)ccc4O)c3C)cc(C)c2O)c1. The maximum atomic E-state index is 10.9. The van der Waals surface area contributed by atoms with Crippen molar-refractivity contribution < 1.29 is 20.4 Å². The third kappa shape index (κ3) is 5.18. The van der Waals surface area contributed by atoms with Crippen molar-refractivity contribution in [2.24, 2.45) is 0 Å². The Hall–Kier alpha value is -3.92. The Bertz CT molecular complexity index is 1450. The van der Waals surface area contributed by atoms with E-state index in [-0.39, 0.29) is 23.0 Å². The first kappa shape index (κ1) is 25.2. The van der Waals surface area contributed by atoms with Crippen LogP contribution in [0, 0.1) is 34.6 Å². The van der Waals surface area contributed by atoms with Gasteiger partial charge in [-0.15, -0.1) is 0 Å². The number of hydrogen-bond donors (Lipinski definition) is 4. The Kier molecular flexibility index (Phi) is 6.98. The summed E-state index contributed by atoms with van der Waals surface area (Å²) in [6, 6.07) is 17.0. The van der Waals surface area contributed by atoms with Crippen molar-refractivity contribution in [3.05, 3.63) is 116 Å². The van der Waals surface area contributed by atoms with Crippen LogP contribution in [-0.4, -0.2) is 20.4 Å². The molecule has 4 N–H and O–H groups in total. The number of aryl methyl sites for hydroxylation is 4. The van der Waals surface area contributed by atoms with Crippen LogP contribution in [0.25, 0.3) is 0 Å². The van der Waals surface area contributed by atoms with Crippen molar-refractivity contribution in [1.29, 1.82) is 0 Å². The summed E-state index contributed by atoms with van der Waals surface area (Å²) in [4.78, 5) is 0. The predicted molar refractivity (Wildman–Crippen MR) is 145 cm³/mol. The number of hydrogen-bond acceptors (Lipinski definition) is 4. The van der Waals surface area contributed by atoms with Gasteiger partial charge in [0.05, 0.1) is 0 Å². The molecule has 0 aliphatic heterocycles. The zero-order valence-corrected chi connectivity index (χ0v) is 21.6. The fourth-order valence-electron chi connectivity index (χ4n) is 4.94. The molecule has 4 nitrogen and oxygen atoms in total. The lowest BCUT2D eigenvalue weighted by molar-refractivity contribution is 0.459. The molecule has 0 fully saturated rings. The quantitative estimate of drug-likeness (QED) is 0.243. The molecule has 0 atom stereocenters. The fraction of sp³-hybridized carbons (Fsp3) is 0.250. The van der Waals surface area contributed by atoms with Crippen molar-refractivity contribution in [3.8, 4) is 23.0 Å². The predicted octanol–water partition coefficient (Wildman–Crippen LogP) is 6.82. The van der Waals surface area contributed by atoms with Gasteiger partial charge < -0.3 is 20.4 Å². The van der Waals surface area contributed by atoms with Crippen LogP contribution in [0.4, 0.5) is 0 Å². The third-order valence-electron chi connectivity index (χ3n) is 7.04. The van der Waals surface area contributed by atoms with E-state index in [1.54, 1.807) is 12.1 Å². The molecule has 0 amide bonds. The summed E-state index contributed by atoms with van der Waals surface area (Å²) < 4.78 is 0. The monoisotopic (exact) mass is 482 g/mol. The highest BCUT2D eigenvalue weighted by molar-refractivity contribution is 5.54. The molecule has 36 heavy (non-hydrogen) atoms. The number of benzene rings is 4. The number of aromatic hydroxyl groups is 4. The van der Waals surface area contributed by atoms with Crippen molar-refractivity contribution in [2.75, 3.05) is 0 Å². The highest BCUT2D eigenvalue weighted by Gasteiger charge is 2.17. The molecule has 0 radical (unpaired) electrons. The van der Waals surface area contributed by atoms with E-state index in [9.17, 15) is 20.4 Å². The van der Waals surface area contributed by atoms with Crippen LogP contribution in [-0.2, 0) is 19.3 Å². The smallest absolute Gasteiger partial charge is 0.122 e. The minimum absolute atomic E-state index is 0.220. The first-order chi connectivity index (χ1) is 17.0. The molecule has 186 valence electrons. The molecule has 4 aromatic rings. The number of rotatable bonds is 6. The highest BCUT2D eigenvalue weighted by atomic mass is 16.3. The second-order valence-electron chi connectivity index (χ2n) is 10.0. The molecule has 0 spiro atoms. The number of phenols is 4. The summed E-state index contributed by atoms with van der Waals surface area (Å²) >= 11 is 0. The standard InChI is InChI=1S/C32H34O4/c1-18-6-8-29(33)25(10-18)16-27-15-23(12-20(3)31(27)35)14-24-13-21(4)32(36)28(22(24)5)17-26-11-19(2)7-9-30(26)34/h6-13,15,33-36H,14,16-17H2,1-5H3. The van der Waals surface area contributed by atoms with Gasteiger partial charge in [-0.3, -0.25) is 0 Å². The Labute approximate surface area is 213 Å². The highest BCUT2D eigenvalue weighted by Crippen LogP contribution is 2.35. The lowest BCUT2D eigenvalue weighted by Gasteiger charge is -2.18. The zero-order chi connectivity index (χ0) is 26.1. The van der Waals surface area contributed by atoms with E-state index in [0.717, 1.165) is 61.2 Å². The van der Waals surface area contributed by atoms with Gasteiger partial charge in [0.2, 0.25) is 0 Å². The topological polar surface area (TPSA) is 80.9 Å². The molecule has 0 aromatic heterocycles. The van der Waals surface area contributed by atoms with Gasteiger partial charge in [-0.2, -0.15) is 0 Å². The molecule has 4 heteroatoms. The van der Waals surface area contributed by atoms with Gasteiger partial charge in [0, 0.05) is 18.4 Å². The Morgan fingerprint density at radius 1 is 0.500 bits per heavy atom. The summed E-state index contributed by atoms with van der Waals surface area (Å²) in [7, 11) is 0.